The molecule has 1 N–H and O–H groups in total. The fourth-order valence-electron chi connectivity index (χ4n) is 3.66. The molecule has 0 atom stereocenters. The van der Waals surface area contributed by atoms with Crippen molar-refractivity contribution in [2.75, 3.05) is 26.3 Å². The van der Waals surface area contributed by atoms with E-state index in [1.807, 2.05) is 19.1 Å². The van der Waals surface area contributed by atoms with E-state index in [4.69, 9.17) is 9.47 Å². The molecule has 0 radical (unpaired) electrons. The van der Waals surface area contributed by atoms with Crippen LogP contribution in [0, 0.1) is 6.92 Å². The SMILES string of the molecule is CCOc1cccc2c1OCCCCCNC(=O)CN(Cc1cccc(C)c1)C2. The van der Waals surface area contributed by atoms with Crippen LogP contribution in [0.3, 0.4) is 0 Å². The van der Waals surface area contributed by atoms with E-state index >= 15 is 0 Å². The number of nitrogens with one attached hydrogen (secondary N) is 1. The summed E-state index contributed by atoms with van der Waals surface area (Å²) in [4.78, 5) is 14.7. The number of amides is 1. The molecule has 5 nitrogen and oxygen atoms in total. The van der Waals surface area contributed by atoms with E-state index in [9.17, 15) is 4.79 Å². The maximum atomic E-state index is 12.5. The van der Waals surface area contributed by atoms with Crippen molar-refractivity contribution in [2.45, 2.75) is 46.2 Å². The third kappa shape index (κ3) is 6.50. The van der Waals surface area contributed by atoms with Gasteiger partial charge in [-0.15, -0.1) is 0 Å². The van der Waals surface area contributed by atoms with Gasteiger partial charge in [-0.3, -0.25) is 9.69 Å². The number of rotatable bonds is 4. The Morgan fingerprint density at radius 2 is 1.97 bits per heavy atom. The lowest BCUT2D eigenvalue weighted by molar-refractivity contribution is -0.122. The summed E-state index contributed by atoms with van der Waals surface area (Å²) in [6, 6.07) is 14.5. The monoisotopic (exact) mass is 396 g/mol. The summed E-state index contributed by atoms with van der Waals surface area (Å²) in [6.45, 7) is 7.71. The molecular formula is C24H32N2O3. The van der Waals surface area contributed by atoms with E-state index in [1.165, 1.54) is 11.1 Å². The van der Waals surface area contributed by atoms with Crippen LogP contribution in [0.15, 0.2) is 42.5 Å². The first-order valence-corrected chi connectivity index (χ1v) is 10.6. The van der Waals surface area contributed by atoms with Gasteiger partial charge in [-0.05, 0) is 44.7 Å². The first-order chi connectivity index (χ1) is 14.2. The maximum Gasteiger partial charge on any atom is 0.234 e. The molecule has 1 aliphatic rings. The van der Waals surface area contributed by atoms with Gasteiger partial charge in [0.2, 0.25) is 5.91 Å². The largest absolute Gasteiger partial charge is 0.490 e. The summed E-state index contributed by atoms with van der Waals surface area (Å²) in [7, 11) is 0. The molecule has 0 aromatic heterocycles. The fraction of sp³-hybridized carbons (Fsp3) is 0.458. The van der Waals surface area contributed by atoms with Gasteiger partial charge in [0.05, 0.1) is 19.8 Å². The predicted molar refractivity (Wildman–Crippen MR) is 115 cm³/mol. The van der Waals surface area contributed by atoms with Crippen molar-refractivity contribution < 1.29 is 14.3 Å². The quantitative estimate of drug-likeness (QED) is 0.846. The summed E-state index contributed by atoms with van der Waals surface area (Å²) in [5.74, 6) is 1.66. The van der Waals surface area contributed by atoms with E-state index in [2.05, 4.69) is 47.5 Å². The Balaban J connectivity index is 1.88. The Morgan fingerprint density at radius 1 is 1.10 bits per heavy atom. The zero-order valence-electron chi connectivity index (χ0n) is 17.6. The Kier molecular flexibility index (Phi) is 7.94. The minimum atomic E-state index is 0.0698. The second kappa shape index (κ2) is 10.9. The Labute approximate surface area is 174 Å². The van der Waals surface area contributed by atoms with Crippen molar-refractivity contribution in [3.8, 4) is 11.5 Å². The zero-order valence-corrected chi connectivity index (χ0v) is 17.6. The molecule has 1 amide bonds. The molecule has 156 valence electrons. The summed E-state index contributed by atoms with van der Waals surface area (Å²) in [5, 5.41) is 3.06. The molecular weight excluding hydrogens is 364 g/mol. The Hall–Kier alpha value is -2.53. The van der Waals surface area contributed by atoms with Crippen molar-refractivity contribution in [1.82, 2.24) is 10.2 Å². The maximum absolute atomic E-state index is 12.5. The first kappa shape index (κ1) is 21.2. The minimum Gasteiger partial charge on any atom is -0.490 e. The number of ether oxygens (including phenoxy) is 2. The fourth-order valence-corrected chi connectivity index (χ4v) is 3.66. The predicted octanol–water partition coefficient (Wildman–Crippen LogP) is 4.07. The van der Waals surface area contributed by atoms with Gasteiger partial charge < -0.3 is 14.8 Å². The van der Waals surface area contributed by atoms with E-state index in [-0.39, 0.29) is 5.91 Å². The van der Waals surface area contributed by atoms with Crippen LogP contribution in [0.1, 0.15) is 42.9 Å². The molecule has 5 heteroatoms. The number of benzene rings is 2. The Bertz CT molecular complexity index is 806. The number of carbonyl (C=O) groups is 1. The summed E-state index contributed by atoms with van der Waals surface area (Å²) < 4.78 is 12.0. The van der Waals surface area contributed by atoms with Crippen LogP contribution in [0.4, 0.5) is 0 Å². The number of hydrogen-bond donors (Lipinski definition) is 1. The van der Waals surface area contributed by atoms with Crippen molar-refractivity contribution >= 4 is 5.91 Å². The highest BCUT2D eigenvalue weighted by Crippen LogP contribution is 2.33. The highest BCUT2D eigenvalue weighted by Gasteiger charge is 2.18. The van der Waals surface area contributed by atoms with Gasteiger partial charge in [0.1, 0.15) is 0 Å². The molecule has 1 aliphatic heterocycles. The molecule has 2 aromatic carbocycles. The summed E-state index contributed by atoms with van der Waals surface area (Å²) in [6.07, 6.45) is 2.95. The van der Waals surface area contributed by atoms with E-state index in [0.717, 1.165) is 36.3 Å². The van der Waals surface area contributed by atoms with Crippen LogP contribution in [0.2, 0.25) is 0 Å². The van der Waals surface area contributed by atoms with Crippen LogP contribution in [-0.4, -0.2) is 37.1 Å². The van der Waals surface area contributed by atoms with Crippen LogP contribution < -0.4 is 14.8 Å². The molecule has 0 saturated carbocycles. The summed E-state index contributed by atoms with van der Waals surface area (Å²) in [5.41, 5.74) is 3.47. The smallest absolute Gasteiger partial charge is 0.234 e. The van der Waals surface area contributed by atoms with Gasteiger partial charge in [-0.1, -0.05) is 42.0 Å². The number of fused-ring (bicyclic) bond motifs is 1. The van der Waals surface area contributed by atoms with Crippen LogP contribution >= 0.6 is 0 Å². The van der Waals surface area contributed by atoms with Crippen LogP contribution in [-0.2, 0) is 17.9 Å². The highest BCUT2D eigenvalue weighted by molar-refractivity contribution is 5.78. The molecule has 2 aromatic rings. The topological polar surface area (TPSA) is 50.8 Å². The standard InChI is InChI=1S/C24H32N2O3/c1-3-28-22-12-8-11-21-17-26(16-20-10-7-9-19(2)15-20)18-23(27)25-13-5-4-6-14-29-24(21)22/h7-12,15H,3-6,13-14,16-18H2,1-2H3,(H,25,27). The van der Waals surface area contributed by atoms with Gasteiger partial charge in [0.15, 0.2) is 11.5 Å². The molecule has 0 fully saturated rings. The second-order valence-electron chi connectivity index (χ2n) is 7.57. The normalized spacial score (nSPS) is 16.4. The van der Waals surface area contributed by atoms with Crippen molar-refractivity contribution in [3.05, 3.63) is 59.2 Å². The van der Waals surface area contributed by atoms with Crippen LogP contribution in [0.25, 0.3) is 0 Å². The lowest BCUT2D eigenvalue weighted by atomic mass is 10.1. The van der Waals surface area contributed by atoms with Gasteiger partial charge in [0, 0.05) is 25.2 Å². The van der Waals surface area contributed by atoms with Gasteiger partial charge in [0.25, 0.3) is 0 Å². The molecule has 0 spiro atoms. The number of hydrogen-bond acceptors (Lipinski definition) is 4. The molecule has 3 rings (SSSR count). The molecule has 0 bridgehead atoms. The van der Waals surface area contributed by atoms with E-state index < -0.39 is 0 Å². The number of carbonyl (C=O) groups excluding carboxylic acids is 1. The van der Waals surface area contributed by atoms with E-state index in [0.29, 0.717) is 39.4 Å². The van der Waals surface area contributed by atoms with Crippen molar-refractivity contribution in [3.63, 3.8) is 0 Å². The summed E-state index contributed by atoms with van der Waals surface area (Å²) >= 11 is 0. The second-order valence-corrected chi connectivity index (χ2v) is 7.57. The third-order valence-corrected chi connectivity index (χ3v) is 5.00. The number of aryl methyl sites for hydroxylation is 1. The van der Waals surface area contributed by atoms with E-state index in [1.54, 1.807) is 0 Å². The highest BCUT2D eigenvalue weighted by atomic mass is 16.5. The molecule has 0 unspecified atom stereocenters. The lowest BCUT2D eigenvalue weighted by Gasteiger charge is -2.24. The lowest BCUT2D eigenvalue weighted by Crippen LogP contribution is -2.37. The number of nitrogens with zero attached hydrogens (tertiary/aromatic N) is 1. The third-order valence-electron chi connectivity index (χ3n) is 5.00. The average Bonchev–Trinajstić information content (AvgIpc) is 2.70. The molecule has 0 aliphatic carbocycles. The van der Waals surface area contributed by atoms with Gasteiger partial charge in [-0.2, -0.15) is 0 Å². The van der Waals surface area contributed by atoms with Gasteiger partial charge in [-0.25, -0.2) is 0 Å². The Morgan fingerprint density at radius 3 is 2.79 bits per heavy atom. The molecule has 1 heterocycles. The first-order valence-electron chi connectivity index (χ1n) is 10.6. The van der Waals surface area contributed by atoms with Gasteiger partial charge >= 0.3 is 0 Å². The average molecular weight is 397 g/mol. The van der Waals surface area contributed by atoms with Crippen LogP contribution in [0.5, 0.6) is 11.5 Å². The molecule has 29 heavy (non-hydrogen) atoms. The molecule has 0 saturated heterocycles. The number of para-hydroxylation sites is 1. The van der Waals surface area contributed by atoms with Crippen molar-refractivity contribution in [2.24, 2.45) is 0 Å². The van der Waals surface area contributed by atoms with Crippen molar-refractivity contribution in [1.29, 1.82) is 0 Å². The minimum absolute atomic E-state index is 0.0698. The zero-order chi connectivity index (χ0) is 20.5.